The van der Waals surface area contributed by atoms with Crippen LogP contribution in [0.2, 0.25) is 0 Å². The summed E-state index contributed by atoms with van der Waals surface area (Å²) in [5.74, 6) is 0.283. The van der Waals surface area contributed by atoms with E-state index in [2.05, 4.69) is 36.9 Å². The fourth-order valence-electron chi connectivity index (χ4n) is 3.35. The maximum atomic E-state index is 12.7. The highest BCUT2D eigenvalue weighted by Gasteiger charge is 2.27. The van der Waals surface area contributed by atoms with Crippen LogP contribution in [-0.4, -0.2) is 39.2 Å². The summed E-state index contributed by atoms with van der Waals surface area (Å²) in [6.07, 6.45) is 1.49. The van der Waals surface area contributed by atoms with E-state index in [1.165, 1.54) is 27.4 Å². The standard InChI is InChI=1S/C26H19Br2NO7/c1-32-21-12-16(13-22(33-2)23(21)34-3)24-29-19(26(31)36-24)11-15-10-18(28)8-9-20(15)35-25(30)14-4-6-17(27)7-5-14/h4-13H,1-3H3/b19-11+. The number of halogens is 2. The predicted molar refractivity (Wildman–Crippen MR) is 140 cm³/mol. The van der Waals surface area contributed by atoms with Gasteiger partial charge in [-0.15, -0.1) is 0 Å². The van der Waals surface area contributed by atoms with Gasteiger partial charge in [0.25, 0.3) is 0 Å². The second kappa shape index (κ2) is 11.0. The van der Waals surface area contributed by atoms with Crippen LogP contribution in [0, 0.1) is 0 Å². The molecule has 36 heavy (non-hydrogen) atoms. The number of ether oxygens (including phenoxy) is 5. The van der Waals surface area contributed by atoms with Crippen LogP contribution in [0.15, 0.2) is 74.2 Å². The molecule has 0 aromatic heterocycles. The van der Waals surface area contributed by atoms with Crippen LogP contribution in [0.4, 0.5) is 0 Å². The zero-order valence-electron chi connectivity index (χ0n) is 19.3. The molecular weight excluding hydrogens is 598 g/mol. The molecule has 0 spiro atoms. The molecular formula is C26H19Br2NO7. The first-order valence-corrected chi connectivity index (χ1v) is 12.0. The Kier molecular flexibility index (Phi) is 7.76. The van der Waals surface area contributed by atoms with Gasteiger partial charge >= 0.3 is 11.9 Å². The zero-order chi connectivity index (χ0) is 25.8. The number of hydrogen-bond acceptors (Lipinski definition) is 8. The molecule has 0 saturated carbocycles. The quantitative estimate of drug-likeness (QED) is 0.188. The van der Waals surface area contributed by atoms with Gasteiger partial charge in [-0.25, -0.2) is 14.6 Å². The summed E-state index contributed by atoms with van der Waals surface area (Å²) in [6.45, 7) is 0. The van der Waals surface area contributed by atoms with Crippen LogP contribution in [-0.2, 0) is 9.53 Å². The normalized spacial score (nSPS) is 13.8. The molecule has 3 aromatic rings. The molecule has 0 amide bonds. The van der Waals surface area contributed by atoms with Crippen molar-refractivity contribution in [3.05, 3.63) is 85.9 Å². The highest BCUT2D eigenvalue weighted by molar-refractivity contribution is 9.10. The van der Waals surface area contributed by atoms with E-state index in [1.807, 2.05) is 0 Å². The Morgan fingerprint density at radius 3 is 2.11 bits per heavy atom. The maximum Gasteiger partial charge on any atom is 0.363 e. The van der Waals surface area contributed by atoms with Gasteiger partial charge in [-0.2, -0.15) is 0 Å². The number of nitrogens with zero attached hydrogens (tertiary/aromatic N) is 1. The molecule has 8 nitrogen and oxygen atoms in total. The summed E-state index contributed by atoms with van der Waals surface area (Å²) in [7, 11) is 4.46. The van der Waals surface area contributed by atoms with Crippen LogP contribution >= 0.6 is 31.9 Å². The number of rotatable bonds is 7. The lowest BCUT2D eigenvalue weighted by Crippen LogP contribution is -2.09. The minimum absolute atomic E-state index is 0.0257. The van der Waals surface area contributed by atoms with Crippen LogP contribution in [0.25, 0.3) is 6.08 Å². The average molecular weight is 617 g/mol. The first-order valence-electron chi connectivity index (χ1n) is 10.4. The molecule has 0 bridgehead atoms. The Balaban J connectivity index is 1.68. The fraction of sp³-hybridized carbons (Fsp3) is 0.115. The van der Waals surface area contributed by atoms with Crippen molar-refractivity contribution < 1.29 is 33.3 Å². The molecule has 1 aliphatic rings. The van der Waals surface area contributed by atoms with Gasteiger partial charge in [0.15, 0.2) is 17.2 Å². The number of aliphatic imine (C=N–C) groups is 1. The molecule has 0 saturated heterocycles. The van der Waals surface area contributed by atoms with Gasteiger partial charge in [0.2, 0.25) is 11.6 Å². The molecule has 0 aliphatic carbocycles. The second-order valence-electron chi connectivity index (χ2n) is 7.33. The Morgan fingerprint density at radius 1 is 0.861 bits per heavy atom. The Bertz CT molecular complexity index is 1370. The monoisotopic (exact) mass is 615 g/mol. The van der Waals surface area contributed by atoms with Gasteiger partial charge < -0.3 is 23.7 Å². The molecule has 3 aromatic carbocycles. The molecule has 0 atom stereocenters. The van der Waals surface area contributed by atoms with E-state index in [0.717, 1.165) is 8.95 Å². The van der Waals surface area contributed by atoms with Crippen LogP contribution < -0.4 is 18.9 Å². The third-order valence-electron chi connectivity index (χ3n) is 5.08. The minimum atomic E-state index is -0.663. The Labute approximate surface area is 223 Å². The van der Waals surface area contributed by atoms with Gasteiger partial charge in [0.1, 0.15) is 5.75 Å². The summed E-state index contributed by atoms with van der Waals surface area (Å²) in [4.78, 5) is 29.7. The SMILES string of the molecule is COc1cc(C2=N/C(=C/c3cc(Br)ccc3OC(=O)c3ccc(Br)cc3)C(=O)O2)cc(OC)c1OC. The lowest BCUT2D eigenvalue weighted by Gasteiger charge is -2.13. The van der Waals surface area contributed by atoms with Crippen molar-refractivity contribution in [3.8, 4) is 23.0 Å². The summed E-state index contributed by atoms with van der Waals surface area (Å²) in [5, 5.41) is 0. The van der Waals surface area contributed by atoms with Crippen LogP contribution in [0.5, 0.6) is 23.0 Å². The molecule has 1 aliphatic heterocycles. The fourth-order valence-corrected chi connectivity index (χ4v) is 4.00. The zero-order valence-corrected chi connectivity index (χ0v) is 22.5. The Morgan fingerprint density at radius 2 is 1.50 bits per heavy atom. The van der Waals surface area contributed by atoms with Crippen molar-refractivity contribution in [1.29, 1.82) is 0 Å². The largest absolute Gasteiger partial charge is 0.493 e. The number of methoxy groups -OCH3 is 3. The maximum absolute atomic E-state index is 12.7. The molecule has 0 fully saturated rings. The number of carbonyl (C=O) groups excluding carboxylic acids is 2. The van der Waals surface area contributed by atoms with Crippen molar-refractivity contribution >= 4 is 55.8 Å². The summed E-state index contributed by atoms with van der Waals surface area (Å²) < 4.78 is 28.6. The van der Waals surface area contributed by atoms with Gasteiger partial charge in [0, 0.05) is 20.1 Å². The first kappa shape index (κ1) is 25.5. The topological polar surface area (TPSA) is 92.7 Å². The van der Waals surface area contributed by atoms with E-state index >= 15 is 0 Å². The van der Waals surface area contributed by atoms with Crippen molar-refractivity contribution in [2.75, 3.05) is 21.3 Å². The van der Waals surface area contributed by atoms with Crippen molar-refractivity contribution in [2.45, 2.75) is 0 Å². The second-order valence-corrected chi connectivity index (χ2v) is 9.16. The predicted octanol–water partition coefficient (Wildman–Crippen LogP) is 5.80. The number of carbonyl (C=O) groups is 2. The minimum Gasteiger partial charge on any atom is -0.493 e. The van der Waals surface area contributed by atoms with E-state index < -0.39 is 11.9 Å². The van der Waals surface area contributed by atoms with Crippen molar-refractivity contribution in [2.24, 2.45) is 4.99 Å². The first-order chi connectivity index (χ1) is 17.3. The summed E-state index contributed by atoms with van der Waals surface area (Å²) >= 11 is 6.75. The highest BCUT2D eigenvalue weighted by atomic mass is 79.9. The van der Waals surface area contributed by atoms with E-state index in [4.69, 9.17) is 23.7 Å². The van der Waals surface area contributed by atoms with Gasteiger partial charge in [-0.3, -0.25) is 0 Å². The van der Waals surface area contributed by atoms with Gasteiger partial charge in [-0.1, -0.05) is 31.9 Å². The summed E-state index contributed by atoms with van der Waals surface area (Å²) in [5.41, 5.74) is 1.31. The molecule has 4 rings (SSSR count). The average Bonchev–Trinajstić information content (AvgIpc) is 3.24. The highest BCUT2D eigenvalue weighted by Crippen LogP contribution is 2.39. The van der Waals surface area contributed by atoms with Crippen molar-refractivity contribution in [3.63, 3.8) is 0 Å². The summed E-state index contributed by atoms with van der Waals surface area (Å²) in [6, 6.07) is 15.1. The molecule has 184 valence electrons. The molecule has 0 radical (unpaired) electrons. The van der Waals surface area contributed by atoms with E-state index in [9.17, 15) is 9.59 Å². The van der Waals surface area contributed by atoms with Crippen LogP contribution in [0.1, 0.15) is 21.5 Å². The lowest BCUT2D eigenvalue weighted by molar-refractivity contribution is -0.129. The van der Waals surface area contributed by atoms with Crippen molar-refractivity contribution in [1.82, 2.24) is 0 Å². The number of benzene rings is 3. The molecule has 0 N–H and O–H groups in total. The van der Waals surface area contributed by atoms with E-state index in [1.54, 1.807) is 54.6 Å². The number of cyclic esters (lactones) is 1. The molecule has 10 heteroatoms. The molecule has 1 heterocycles. The number of hydrogen-bond donors (Lipinski definition) is 0. The lowest BCUT2D eigenvalue weighted by atomic mass is 10.1. The Hall–Kier alpha value is -3.63. The molecule has 0 unspecified atom stereocenters. The van der Waals surface area contributed by atoms with E-state index in [0.29, 0.717) is 33.9 Å². The van der Waals surface area contributed by atoms with E-state index in [-0.39, 0.29) is 17.3 Å². The van der Waals surface area contributed by atoms with Gasteiger partial charge in [0.05, 0.1) is 26.9 Å². The van der Waals surface area contributed by atoms with Gasteiger partial charge in [-0.05, 0) is 60.7 Å². The third kappa shape index (κ3) is 5.44. The third-order valence-corrected chi connectivity index (χ3v) is 6.10. The smallest absolute Gasteiger partial charge is 0.363 e. The van der Waals surface area contributed by atoms with Crippen LogP contribution in [0.3, 0.4) is 0 Å². The number of esters is 2.